The third-order valence-corrected chi connectivity index (χ3v) is 2.53. The van der Waals surface area contributed by atoms with Crippen molar-refractivity contribution in [2.45, 2.75) is 6.54 Å². The molecule has 7 heteroatoms. The highest BCUT2D eigenvalue weighted by Gasteiger charge is 2.05. The van der Waals surface area contributed by atoms with Gasteiger partial charge in [-0.2, -0.15) is 5.26 Å². The topological polar surface area (TPSA) is 91.1 Å². The molecule has 1 heterocycles. The van der Waals surface area contributed by atoms with E-state index < -0.39 is 11.2 Å². The third kappa shape index (κ3) is 3.84. The number of nitrogens with one attached hydrogen (secondary N) is 1. The summed E-state index contributed by atoms with van der Waals surface area (Å²) in [7, 11) is 3.53. The Morgan fingerprint density at radius 3 is 2.83 bits per heavy atom. The molecule has 0 aliphatic carbocycles. The van der Waals surface area contributed by atoms with Gasteiger partial charge < -0.3 is 9.64 Å². The molecule has 18 heavy (non-hydrogen) atoms. The number of nitriles is 1. The summed E-state index contributed by atoms with van der Waals surface area (Å²) >= 11 is 0. The number of H-pyrrole nitrogens is 1. The highest BCUT2D eigenvalue weighted by molar-refractivity contribution is 5.21. The summed E-state index contributed by atoms with van der Waals surface area (Å²) in [6.07, 6.45) is 1.28. The molecule has 0 saturated carbocycles. The molecule has 0 fully saturated rings. The van der Waals surface area contributed by atoms with Gasteiger partial charge in [0.25, 0.3) is 5.56 Å². The summed E-state index contributed by atoms with van der Waals surface area (Å²) in [6.45, 7) is 2.39. The van der Waals surface area contributed by atoms with Gasteiger partial charge in [-0.3, -0.25) is 14.3 Å². The van der Waals surface area contributed by atoms with Crippen LogP contribution in [0.2, 0.25) is 0 Å². The molecular weight excluding hydrogens is 236 g/mol. The van der Waals surface area contributed by atoms with Gasteiger partial charge in [0.2, 0.25) is 0 Å². The molecule has 0 aliphatic heterocycles. The van der Waals surface area contributed by atoms with Crippen LogP contribution in [-0.4, -0.2) is 48.3 Å². The van der Waals surface area contributed by atoms with Crippen molar-refractivity contribution in [3.05, 3.63) is 32.6 Å². The zero-order chi connectivity index (χ0) is 13.5. The van der Waals surface area contributed by atoms with Crippen molar-refractivity contribution in [3.8, 4) is 6.07 Å². The Balaban J connectivity index is 2.71. The van der Waals surface area contributed by atoms with Crippen molar-refractivity contribution in [3.63, 3.8) is 0 Å². The quantitative estimate of drug-likeness (QED) is 0.700. The number of likely N-dealkylation sites (N-methyl/N-ethyl adjacent to an activating group) is 1. The van der Waals surface area contributed by atoms with Crippen LogP contribution in [0.1, 0.15) is 5.56 Å². The average molecular weight is 252 g/mol. The Morgan fingerprint density at radius 2 is 2.22 bits per heavy atom. The lowest BCUT2D eigenvalue weighted by Crippen LogP contribution is -2.35. The van der Waals surface area contributed by atoms with E-state index in [0.717, 1.165) is 6.54 Å². The van der Waals surface area contributed by atoms with E-state index >= 15 is 0 Å². The van der Waals surface area contributed by atoms with Crippen molar-refractivity contribution in [2.75, 3.05) is 33.9 Å². The highest BCUT2D eigenvalue weighted by Crippen LogP contribution is 1.88. The maximum atomic E-state index is 11.5. The minimum atomic E-state index is -0.647. The Bertz CT molecular complexity index is 540. The number of aromatic nitrogens is 2. The number of hydrogen-bond donors (Lipinski definition) is 1. The molecule has 0 bridgehead atoms. The van der Waals surface area contributed by atoms with Crippen molar-refractivity contribution in [2.24, 2.45) is 0 Å². The molecule has 0 aromatic carbocycles. The average Bonchev–Trinajstić information content (AvgIpc) is 2.35. The fourth-order valence-corrected chi connectivity index (χ4v) is 1.39. The third-order valence-electron chi connectivity index (χ3n) is 2.53. The molecule has 0 unspecified atom stereocenters. The first kappa shape index (κ1) is 14.2. The van der Waals surface area contributed by atoms with E-state index in [1.807, 2.05) is 11.9 Å². The molecule has 1 N–H and O–H groups in total. The van der Waals surface area contributed by atoms with Gasteiger partial charge in [-0.15, -0.1) is 0 Å². The van der Waals surface area contributed by atoms with Gasteiger partial charge in [-0.1, -0.05) is 0 Å². The normalized spacial score (nSPS) is 10.6. The minimum absolute atomic E-state index is 0.0610. The summed E-state index contributed by atoms with van der Waals surface area (Å²) in [5, 5.41) is 8.71. The van der Waals surface area contributed by atoms with Crippen LogP contribution < -0.4 is 11.2 Å². The number of ether oxygens (including phenoxy) is 1. The zero-order valence-corrected chi connectivity index (χ0v) is 10.5. The monoisotopic (exact) mass is 252 g/mol. The van der Waals surface area contributed by atoms with E-state index in [0.29, 0.717) is 19.7 Å². The Kier molecular flexibility index (Phi) is 5.30. The fourth-order valence-electron chi connectivity index (χ4n) is 1.39. The second kappa shape index (κ2) is 6.74. The number of nitrogens with zero attached hydrogens (tertiary/aromatic N) is 3. The van der Waals surface area contributed by atoms with E-state index in [9.17, 15) is 9.59 Å². The van der Waals surface area contributed by atoms with E-state index in [1.165, 1.54) is 10.8 Å². The van der Waals surface area contributed by atoms with Crippen molar-refractivity contribution < 1.29 is 4.74 Å². The Hall–Kier alpha value is -1.91. The van der Waals surface area contributed by atoms with Gasteiger partial charge in [0.05, 0.1) is 6.61 Å². The molecule has 0 atom stereocenters. The molecule has 0 radical (unpaired) electrons. The van der Waals surface area contributed by atoms with Gasteiger partial charge in [0, 0.05) is 32.9 Å². The highest BCUT2D eigenvalue weighted by atomic mass is 16.5. The second-order valence-electron chi connectivity index (χ2n) is 3.90. The number of aromatic amines is 1. The summed E-state index contributed by atoms with van der Waals surface area (Å²) in [5.74, 6) is 0. The molecule has 1 rings (SSSR count). The molecule has 0 spiro atoms. The maximum absolute atomic E-state index is 11.5. The smallest absolute Gasteiger partial charge is 0.328 e. The van der Waals surface area contributed by atoms with Gasteiger partial charge in [0.15, 0.2) is 0 Å². The van der Waals surface area contributed by atoms with Crippen LogP contribution >= 0.6 is 0 Å². The molecule has 0 saturated heterocycles. The van der Waals surface area contributed by atoms with Gasteiger partial charge >= 0.3 is 5.69 Å². The van der Waals surface area contributed by atoms with Crippen LogP contribution in [-0.2, 0) is 11.3 Å². The zero-order valence-electron chi connectivity index (χ0n) is 10.5. The minimum Gasteiger partial charge on any atom is -0.383 e. The lowest BCUT2D eigenvalue weighted by Gasteiger charge is -2.16. The Morgan fingerprint density at radius 1 is 1.50 bits per heavy atom. The van der Waals surface area contributed by atoms with Crippen LogP contribution in [0.25, 0.3) is 0 Å². The lowest BCUT2D eigenvalue weighted by molar-refractivity contribution is 0.159. The number of rotatable bonds is 6. The molecule has 0 amide bonds. The predicted octanol–water partition coefficient (Wildman–Crippen LogP) is -1.01. The summed E-state index contributed by atoms with van der Waals surface area (Å²) in [5.41, 5.74) is -1.21. The van der Waals surface area contributed by atoms with E-state index in [-0.39, 0.29) is 5.56 Å². The molecule has 0 aliphatic rings. The fraction of sp³-hybridized carbons (Fsp3) is 0.545. The molecule has 98 valence electrons. The first-order valence-corrected chi connectivity index (χ1v) is 5.50. The standard InChI is InChI=1S/C11H16N4O3/c1-14(5-6-18-2)3-4-15-8-9(7-12)10(16)13-11(15)17/h8H,3-6H2,1-2H3,(H,13,16,17). The second-order valence-corrected chi connectivity index (χ2v) is 3.90. The first-order chi connectivity index (χ1) is 8.58. The molecule has 1 aromatic heterocycles. The summed E-state index contributed by atoms with van der Waals surface area (Å²) in [4.78, 5) is 26.8. The first-order valence-electron chi connectivity index (χ1n) is 5.50. The van der Waals surface area contributed by atoms with Crippen molar-refractivity contribution in [1.29, 1.82) is 5.26 Å². The van der Waals surface area contributed by atoms with Crippen LogP contribution in [0.3, 0.4) is 0 Å². The molecule has 1 aromatic rings. The SMILES string of the molecule is COCCN(C)CCn1cc(C#N)c(=O)[nH]c1=O. The summed E-state index contributed by atoms with van der Waals surface area (Å²) < 4.78 is 6.26. The van der Waals surface area contributed by atoms with Gasteiger partial charge in [0.1, 0.15) is 11.6 Å². The van der Waals surface area contributed by atoms with Crippen LogP contribution in [0.5, 0.6) is 0 Å². The number of methoxy groups -OCH3 is 1. The van der Waals surface area contributed by atoms with E-state index in [4.69, 9.17) is 10.00 Å². The van der Waals surface area contributed by atoms with Crippen molar-refractivity contribution >= 4 is 0 Å². The summed E-state index contributed by atoms with van der Waals surface area (Å²) in [6, 6.07) is 1.75. The number of hydrogen-bond acceptors (Lipinski definition) is 5. The van der Waals surface area contributed by atoms with Crippen LogP contribution in [0, 0.1) is 11.3 Å². The van der Waals surface area contributed by atoms with Crippen LogP contribution in [0.4, 0.5) is 0 Å². The maximum Gasteiger partial charge on any atom is 0.328 e. The Labute approximate surface area is 104 Å². The predicted molar refractivity (Wildman–Crippen MR) is 65.4 cm³/mol. The van der Waals surface area contributed by atoms with Gasteiger partial charge in [-0.25, -0.2) is 4.79 Å². The van der Waals surface area contributed by atoms with E-state index in [1.54, 1.807) is 13.2 Å². The molecule has 7 nitrogen and oxygen atoms in total. The van der Waals surface area contributed by atoms with Crippen molar-refractivity contribution in [1.82, 2.24) is 14.5 Å². The largest absolute Gasteiger partial charge is 0.383 e. The molecular formula is C11H16N4O3. The van der Waals surface area contributed by atoms with E-state index in [2.05, 4.69) is 4.98 Å². The van der Waals surface area contributed by atoms with Gasteiger partial charge in [-0.05, 0) is 7.05 Å². The lowest BCUT2D eigenvalue weighted by atomic mass is 10.3. The van der Waals surface area contributed by atoms with Crippen LogP contribution in [0.15, 0.2) is 15.8 Å².